The number of esters is 2. The Labute approximate surface area is 208 Å². The van der Waals surface area contributed by atoms with E-state index in [-0.39, 0.29) is 35.9 Å². The molecule has 0 aromatic heterocycles. The molecule has 0 atom stereocenters. The van der Waals surface area contributed by atoms with E-state index in [4.69, 9.17) is 9.47 Å². The van der Waals surface area contributed by atoms with Crippen molar-refractivity contribution < 1.29 is 29.3 Å². The zero-order valence-electron chi connectivity index (χ0n) is 20.1. The number of benzene rings is 4. The van der Waals surface area contributed by atoms with Gasteiger partial charge in [-0.2, -0.15) is 0 Å². The highest BCUT2D eigenvalue weighted by molar-refractivity contribution is 6.18. The predicted molar refractivity (Wildman–Crippen MR) is 142 cm³/mol. The zero-order valence-corrected chi connectivity index (χ0v) is 20.1. The largest absolute Gasteiger partial charge is 0.507 e. The predicted octanol–water partition coefficient (Wildman–Crippen LogP) is 6.22. The molecular formula is C30H26O6. The minimum atomic E-state index is -0.497. The molecule has 0 unspecified atom stereocenters. The van der Waals surface area contributed by atoms with Gasteiger partial charge in [-0.05, 0) is 70.8 Å². The fraction of sp³-hybridized carbons (Fsp3) is 0.133. The molecule has 0 bridgehead atoms. The molecule has 4 aromatic carbocycles. The minimum absolute atomic E-state index is 0.0118. The van der Waals surface area contributed by atoms with E-state index in [9.17, 15) is 19.8 Å². The van der Waals surface area contributed by atoms with E-state index in [0.29, 0.717) is 33.0 Å². The van der Waals surface area contributed by atoms with Gasteiger partial charge in [-0.15, -0.1) is 0 Å². The van der Waals surface area contributed by atoms with Gasteiger partial charge >= 0.3 is 11.9 Å². The van der Waals surface area contributed by atoms with Crippen molar-refractivity contribution >= 4 is 44.6 Å². The lowest BCUT2D eigenvalue weighted by Crippen LogP contribution is -2.05. The van der Waals surface area contributed by atoms with Crippen LogP contribution in [0, 0.1) is 0 Å². The molecule has 0 spiro atoms. The maximum absolute atomic E-state index is 12.1. The summed E-state index contributed by atoms with van der Waals surface area (Å²) in [5.74, 6) is -1.02. The second kappa shape index (κ2) is 9.96. The summed E-state index contributed by atoms with van der Waals surface area (Å²) in [4.78, 5) is 24.3. The number of rotatable bonds is 7. The van der Waals surface area contributed by atoms with Gasteiger partial charge in [-0.25, -0.2) is 9.59 Å². The van der Waals surface area contributed by atoms with E-state index in [1.165, 1.54) is 0 Å². The molecule has 0 heterocycles. The molecule has 182 valence electrons. The van der Waals surface area contributed by atoms with Crippen molar-refractivity contribution in [1.82, 2.24) is 0 Å². The summed E-state index contributed by atoms with van der Waals surface area (Å²) < 4.78 is 10.1. The third-order valence-electron chi connectivity index (χ3n) is 5.99. The van der Waals surface area contributed by atoms with Crippen molar-refractivity contribution in [2.75, 3.05) is 13.2 Å². The van der Waals surface area contributed by atoms with Crippen LogP contribution in [0.1, 0.15) is 25.0 Å². The smallest absolute Gasteiger partial charge is 0.338 e. The third-order valence-corrected chi connectivity index (χ3v) is 5.99. The van der Waals surface area contributed by atoms with E-state index in [0.717, 1.165) is 10.8 Å². The molecule has 0 saturated heterocycles. The van der Waals surface area contributed by atoms with Gasteiger partial charge in [0.2, 0.25) is 0 Å². The van der Waals surface area contributed by atoms with Crippen LogP contribution in [0.3, 0.4) is 0 Å². The Kier molecular flexibility index (Phi) is 6.79. The van der Waals surface area contributed by atoms with Crippen LogP contribution in [0.5, 0.6) is 11.5 Å². The summed E-state index contributed by atoms with van der Waals surface area (Å²) in [5, 5.41) is 24.6. The van der Waals surface area contributed by atoms with E-state index < -0.39 is 11.9 Å². The van der Waals surface area contributed by atoms with Gasteiger partial charge in [0, 0.05) is 11.1 Å². The highest BCUT2D eigenvalue weighted by Crippen LogP contribution is 2.45. The van der Waals surface area contributed by atoms with Gasteiger partial charge in [0.25, 0.3) is 0 Å². The summed E-state index contributed by atoms with van der Waals surface area (Å²) in [5.41, 5.74) is 2.55. The second-order valence-electron chi connectivity index (χ2n) is 8.19. The zero-order chi connectivity index (χ0) is 26.0. The number of carbonyl (C=O) groups is 2. The van der Waals surface area contributed by atoms with E-state index >= 15 is 0 Å². The molecule has 0 aliphatic carbocycles. The quantitative estimate of drug-likeness (QED) is 0.240. The van der Waals surface area contributed by atoms with Gasteiger partial charge < -0.3 is 19.7 Å². The number of hydrogen-bond donors (Lipinski definition) is 2. The molecule has 36 heavy (non-hydrogen) atoms. The van der Waals surface area contributed by atoms with E-state index in [1.54, 1.807) is 74.5 Å². The first-order valence-corrected chi connectivity index (χ1v) is 11.5. The monoisotopic (exact) mass is 482 g/mol. The van der Waals surface area contributed by atoms with Gasteiger partial charge in [0.15, 0.2) is 0 Å². The van der Waals surface area contributed by atoms with Crippen molar-refractivity contribution in [3.63, 3.8) is 0 Å². The van der Waals surface area contributed by atoms with Crippen LogP contribution in [0.2, 0.25) is 0 Å². The van der Waals surface area contributed by atoms with Crippen molar-refractivity contribution in [3.05, 3.63) is 84.9 Å². The molecule has 6 heteroatoms. The maximum Gasteiger partial charge on any atom is 0.338 e. The maximum atomic E-state index is 12.1. The number of hydrogen-bond acceptors (Lipinski definition) is 6. The Hall–Kier alpha value is -4.58. The summed E-state index contributed by atoms with van der Waals surface area (Å²) in [6.45, 7) is 11.6. The Bertz CT molecular complexity index is 1430. The molecule has 0 radical (unpaired) electrons. The van der Waals surface area contributed by atoms with Gasteiger partial charge in [0.05, 0.1) is 24.4 Å². The summed E-state index contributed by atoms with van der Waals surface area (Å²) >= 11 is 0. The first kappa shape index (κ1) is 24.5. The molecule has 0 amide bonds. The van der Waals surface area contributed by atoms with Crippen LogP contribution in [0.25, 0.3) is 43.8 Å². The molecule has 2 N–H and O–H groups in total. The van der Waals surface area contributed by atoms with Crippen molar-refractivity contribution in [1.29, 1.82) is 0 Å². The van der Waals surface area contributed by atoms with Crippen LogP contribution in [0.15, 0.2) is 73.8 Å². The Morgan fingerprint density at radius 2 is 1.06 bits per heavy atom. The van der Waals surface area contributed by atoms with Gasteiger partial charge in [0.1, 0.15) is 11.5 Å². The topological polar surface area (TPSA) is 93.1 Å². The van der Waals surface area contributed by atoms with Gasteiger partial charge in [-0.3, -0.25) is 0 Å². The lowest BCUT2D eigenvalue weighted by molar-refractivity contribution is -0.136. The Balaban J connectivity index is 1.88. The summed E-state index contributed by atoms with van der Waals surface area (Å²) in [6.07, 6.45) is 0. The average molecular weight is 483 g/mol. The van der Waals surface area contributed by atoms with Crippen LogP contribution in [-0.2, 0) is 19.1 Å². The van der Waals surface area contributed by atoms with Crippen LogP contribution < -0.4 is 0 Å². The number of aromatic hydroxyl groups is 2. The van der Waals surface area contributed by atoms with E-state index in [1.807, 2.05) is 0 Å². The summed E-state index contributed by atoms with van der Waals surface area (Å²) in [6, 6.07) is 17.2. The molecule has 0 aliphatic rings. The highest BCUT2D eigenvalue weighted by Gasteiger charge is 2.19. The lowest BCUT2D eigenvalue weighted by Gasteiger charge is -2.16. The standard InChI is InChI=1S/C30H26O6/c1-5-35-29(33)17(3)19-7-11-23-21(15-19)9-13-25(31)27(23)28-24-12-8-20(18(4)30(34)36-6-2)16-22(24)10-14-26(28)32/h7-16,31-32H,3-6H2,1-2H3. The second-order valence-corrected chi connectivity index (χ2v) is 8.19. The first-order chi connectivity index (χ1) is 17.3. The SMILES string of the molecule is C=C(C(=O)OCC)c1ccc2c(-c3c(O)ccc4cc(C(=C)C(=O)OCC)ccc34)c(O)ccc2c1. The number of phenols is 2. The number of ether oxygens (including phenoxy) is 2. The molecule has 4 rings (SSSR count). The average Bonchev–Trinajstić information content (AvgIpc) is 2.88. The van der Waals surface area contributed by atoms with E-state index in [2.05, 4.69) is 13.2 Å². The van der Waals surface area contributed by atoms with Crippen molar-refractivity contribution in [2.24, 2.45) is 0 Å². The first-order valence-electron chi connectivity index (χ1n) is 11.5. The molecule has 0 fully saturated rings. The molecule has 0 saturated carbocycles. The minimum Gasteiger partial charge on any atom is -0.507 e. The fourth-order valence-electron chi connectivity index (χ4n) is 4.21. The number of phenolic OH excluding ortho intramolecular Hbond substituents is 2. The van der Waals surface area contributed by atoms with Crippen LogP contribution in [0.4, 0.5) is 0 Å². The Morgan fingerprint density at radius 3 is 1.42 bits per heavy atom. The molecule has 0 aliphatic heterocycles. The fourth-order valence-corrected chi connectivity index (χ4v) is 4.21. The normalized spacial score (nSPS) is 10.8. The molecular weight excluding hydrogens is 456 g/mol. The molecule has 4 aromatic rings. The highest BCUT2D eigenvalue weighted by atomic mass is 16.5. The number of carbonyl (C=O) groups excluding carboxylic acids is 2. The molecule has 6 nitrogen and oxygen atoms in total. The van der Waals surface area contributed by atoms with Crippen molar-refractivity contribution in [2.45, 2.75) is 13.8 Å². The lowest BCUT2D eigenvalue weighted by atomic mass is 9.90. The van der Waals surface area contributed by atoms with Gasteiger partial charge in [-0.1, -0.05) is 49.6 Å². The Morgan fingerprint density at radius 1 is 0.667 bits per heavy atom. The number of fused-ring (bicyclic) bond motifs is 2. The van der Waals surface area contributed by atoms with Crippen LogP contribution in [-0.4, -0.2) is 35.4 Å². The van der Waals surface area contributed by atoms with Crippen molar-refractivity contribution in [3.8, 4) is 22.6 Å². The third kappa shape index (κ3) is 4.41. The van der Waals surface area contributed by atoms with Crippen LogP contribution >= 0.6 is 0 Å². The summed E-state index contributed by atoms with van der Waals surface area (Å²) in [7, 11) is 0.